The monoisotopic (exact) mass is 388 g/mol. The molecule has 1 aliphatic rings. The highest BCUT2D eigenvalue weighted by molar-refractivity contribution is 6.22. The zero-order valence-electron chi connectivity index (χ0n) is 16.2. The molecule has 4 rings (SSSR count). The van der Waals surface area contributed by atoms with Crippen molar-refractivity contribution in [3.8, 4) is 0 Å². The van der Waals surface area contributed by atoms with E-state index < -0.39 is 23.8 Å². The van der Waals surface area contributed by atoms with Gasteiger partial charge in [0.05, 0.1) is 16.6 Å². The van der Waals surface area contributed by atoms with Gasteiger partial charge in [-0.05, 0) is 24.1 Å². The number of nitrogens with zero attached hydrogens (tertiary/aromatic N) is 2. The number of carbonyl (C=O) groups is 3. The van der Waals surface area contributed by atoms with Crippen molar-refractivity contribution in [2.24, 2.45) is 5.92 Å². The predicted octanol–water partition coefficient (Wildman–Crippen LogP) is 3.60. The molecule has 6 heteroatoms. The third-order valence-corrected chi connectivity index (χ3v) is 5.06. The van der Waals surface area contributed by atoms with Crippen molar-refractivity contribution >= 4 is 28.7 Å². The summed E-state index contributed by atoms with van der Waals surface area (Å²) in [5.74, 6) is -1.83. The van der Waals surface area contributed by atoms with Gasteiger partial charge < -0.3 is 4.74 Å². The highest BCUT2D eigenvalue weighted by Gasteiger charge is 2.44. The summed E-state index contributed by atoms with van der Waals surface area (Å²) in [6.45, 7) is 3.59. The maximum atomic E-state index is 12.9. The summed E-state index contributed by atoms with van der Waals surface area (Å²) in [5.41, 5.74) is 2.15. The van der Waals surface area contributed by atoms with E-state index in [1.54, 1.807) is 44.3 Å². The second-order valence-corrected chi connectivity index (χ2v) is 7.31. The molecule has 0 saturated heterocycles. The minimum Gasteiger partial charge on any atom is -0.459 e. The first-order valence-electron chi connectivity index (χ1n) is 9.45. The number of rotatable bonds is 5. The number of ether oxygens (including phenoxy) is 1. The number of pyridine rings is 1. The zero-order chi connectivity index (χ0) is 20.5. The van der Waals surface area contributed by atoms with Crippen LogP contribution in [0.5, 0.6) is 0 Å². The van der Waals surface area contributed by atoms with Crippen LogP contribution in [0.1, 0.15) is 40.1 Å². The fraction of sp³-hybridized carbons (Fsp3) is 0.217. The number of carbonyl (C=O) groups excluding carboxylic acids is 3. The van der Waals surface area contributed by atoms with Gasteiger partial charge in [0, 0.05) is 17.1 Å². The lowest BCUT2D eigenvalue weighted by Crippen LogP contribution is -2.48. The number of esters is 1. The summed E-state index contributed by atoms with van der Waals surface area (Å²) in [4.78, 5) is 43.9. The quantitative estimate of drug-likeness (QED) is 0.493. The Morgan fingerprint density at radius 2 is 1.62 bits per heavy atom. The number of hydrogen-bond acceptors (Lipinski definition) is 5. The Bertz CT molecular complexity index is 1080. The summed E-state index contributed by atoms with van der Waals surface area (Å²) in [6, 6.07) is 15.0. The molecule has 2 heterocycles. The van der Waals surface area contributed by atoms with Crippen molar-refractivity contribution in [2.45, 2.75) is 26.5 Å². The minimum absolute atomic E-state index is 0.0135. The number of para-hydroxylation sites is 1. The molecule has 1 atom stereocenters. The van der Waals surface area contributed by atoms with Crippen LogP contribution in [0.15, 0.2) is 60.8 Å². The van der Waals surface area contributed by atoms with Gasteiger partial charge in [0.25, 0.3) is 11.8 Å². The molecule has 0 spiro atoms. The van der Waals surface area contributed by atoms with Gasteiger partial charge in [-0.3, -0.25) is 19.5 Å². The molecule has 1 aliphatic heterocycles. The Kier molecular flexibility index (Phi) is 4.84. The van der Waals surface area contributed by atoms with Crippen molar-refractivity contribution in [1.82, 2.24) is 9.88 Å². The van der Waals surface area contributed by atoms with Crippen LogP contribution in [0.4, 0.5) is 0 Å². The molecule has 1 aromatic heterocycles. The number of fused-ring (bicyclic) bond motifs is 2. The summed E-state index contributed by atoms with van der Waals surface area (Å²) in [6.07, 6.45) is 1.68. The topological polar surface area (TPSA) is 76.6 Å². The van der Waals surface area contributed by atoms with Gasteiger partial charge in [-0.2, -0.15) is 0 Å². The third-order valence-electron chi connectivity index (χ3n) is 5.06. The van der Waals surface area contributed by atoms with Crippen LogP contribution in [0, 0.1) is 5.92 Å². The largest absolute Gasteiger partial charge is 0.459 e. The van der Waals surface area contributed by atoms with Crippen molar-refractivity contribution in [2.75, 3.05) is 0 Å². The molecular formula is C23H20N2O4. The van der Waals surface area contributed by atoms with E-state index in [9.17, 15) is 14.4 Å². The Hall–Kier alpha value is -3.54. The molecule has 0 aliphatic carbocycles. The number of hydrogen-bond donors (Lipinski definition) is 0. The lowest BCUT2D eigenvalue weighted by atomic mass is 10.0. The smallest absolute Gasteiger partial charge is 0.329 e. The van der Waals surface area contributed by atoms with Gasteiger partial charge in [0.15, 0.2) is 0 Å². The zero-order valence-corrected chi connectivity index (χ0v) is 16.2. The van der Waals surface area contributed by atoms with E-state index in [1.807, 2.05) is 30.3 Å². The Morgan fingerprint density at radius 1 is 0.966 bits per heavy atom. The predicted molar refractivity (Wildman–Crippen MR) is 107 cm³/mol. The summed E-state index contributed by atoms with van der Waals surface area (Å²) < 4.78 is 5.54. The van der Waals surface area contributed by atoms with Crippen LogP contribution in [0.3, 0.4) is 0 Å². The molecule has 2 amide bonds. The standard InChI is InChI=1S/C23H20N2O4/c1-14(2)20(25-21(26)17-10-3-4-11-18(17)22(25)27)23(28)29-13-16-8-5-7-15-9-6-12-24-19(15)16/h3-12,14,20H,13H2,1-2H3/t20-/m0/s1. The van der Waals surface area contributed by atoms with Gasteiger partial charge in [-0.1, -0.05) is 50.2 Å². The second kappa shape index (κ2) is 7.47. The second-order valence-electron chi connectivity index (χ2n) is 7.31. The molecule has 2 aromatic carbocycles. The molecule has 0 fully saturated rings. The average molecular weight is 388 g/mol. The fourth-order valence-electron chi connectivity index (χ4n) is 3.65. The van der Waals surface area contributed by atoms with Crippen molar-refractivity contribution in [1.29, 1.82) is 0 Å². The highest BCUT2D eigenvalue weighted by atomic mass is 16.5. The number of amides is 2. The summed E-state index contributed by atoms with van der Waals surface area (Å²) in [5, 5.41) is 0.946. The van der Waals surface area contributed by atoms with E-state index in [2.05, 4.69) is 4.98 Å². The SMILES string of the molecule is CC(C)[C@@H](C(=O)OCc1cccc2cccnc12)N1C(=O)c2ccccc2C1=O. The van der Waals surface area contributed by atoms with Crippen LogP contribution >= 0.6 is 0 Å². The van der Waals surface area contributed by atoms with Crippen molar-refractivity contribution in [3.63, 3.8) is 0 Å². The van der Waals surface area contributed by atoms with E-state index in [-0.39, 0.29) is 12.5 Å². The maximum Gasteiger partial charge on any atom is 0.329 e. The molecular weight excluding hydrogens is 368 g/mol. The van der Waals surface area contributed by atoms with Crippen LogP contribution in [-0.2, 0) is 16.1 Å². The highest BCUT2D eigenvalue weighted by Crippen LogP contribution is 2.28. The molecule has 6 nitrogen and oxygen atoms in total. The summed E-state index contributed by atoms with van der Waals surface area (Å²) >= 11 is 0. The van der Waals surface area contributed by atoms with Gasteiger partial charge in [0.2, 0.25) is 0 Å². The lowest BCUT2D eigenvalue weighted by molar-refractivity contribution is -0.151. The van der Waals surface area contributed by atoms with Crippen LogP contribution in [0.2, 0.25) is 0 Å². The van der Waals surface area contributed by atoms with E-state index in [0.717, 1.165) is 21.4 Å². The average Bonchev–Trinajstić information content (AvgIpc) is 2.97. The number of imide groups is 1. The maximum absolute atomic E-state index is 12.9. The Morgan fingerprint density at radius 3 is 2.28 bits per heavy atom. The molecule has 0 saturated carbocycles. The van der Waals surface area contributed by atoms with Gasteiger partial charge in [-0.15, -0.1) is 0 Å². The van der Waals surface area contributed by atoms with E-state index in [0.29, 0.717) is 11.1 Å². The normalized spacial score (nSPS) is 14.4. The van der Waals surface area contributed by atoms with Crippen LogP contribution < -0.4 is 0 Å². The van der Waals surface area contributed by atoms with E-state index in [4.69, 9.17) is 4.74 Å². The Balaban J connectivity index is 1.58. The van der Waals surface area contributed by atoms with Gasteiger partial charge >= 0.3 is 5.97 Å². The molecule has 0 radical (unpaired) electrons. The van der Waals surface area contributed by atoms with Crippen molar-refractivity contribution < 1.29 is 19.1 Å². The Labute approximate surface area is 168 Å². The minimum atomic E-state index is -0.995. The fourth-order valence-corrected chi connectivity index (χ4v) is 3.65. The number of benzene rings is 2. The third kappa shape index (κ3) is 3.27. The molecule has 29 heavy (non-hydrogen) atoms. The first kappa shape index (κ1) is 18.8. The first-order chi connectivity index (χ1) is 14.0. The van der Waals surface area contributed by atoms with E-state index >= 15 is 0 Å². The molecule has 3 aromatic rings. The van der Waals surface area contributed by atoms with Crippen LogP contribution in [-0.4, -0.2) is 33.7 Å². The molecule has 0 unspecified atom stereocenters. The van der Waals surface area contributed by atoms with Crippen LogP contribution in [0.25, 0.3) is 10.9 Å². The first-order valence-corrected chi connectivity index (χ1v) is 9.45. The molecule has 0 N–H and O–H groups in total. The molecule has 146 valence electrons. The van der Waals surface area contributed by atoms with Crippen molar-refractivity contribution in [3.05, 3.63) is 77.5 Å². The lowest BCUT2D eigenvalue weighted by Gasteiger charge is -2.27. The molecule has 0 bridgehead atoms. The van der Waals surface area contributed by atoms with Gasteiger partial charge in [-0.25, -0.2) is 4.79 Å². The summed E-state index contributed by atoms with van der Waals surface area (Å²) in [7, 11) is 0. The van der Waals surface area contributed by atoms with Gasteiger partial charge in [0.1, 0.15) is 12.6 Å². The number of aromatic nitrogens is 1. The van der Waals surface area contributed by atoms with E-state index in [1.165, 1.54) is 0 Å².